The Kier molecular flexibility index (Phi) is 4.27. The predicted molar refractivity (Wildman–Crippen MR) is 71.4 cm³/mol. The Balaban J connectivity index is 2.53. The van der Waals surface area contributed by atoms with Gasteiger partial charge in [-0.3, -0.25) is 0 Å². The van der Waals surface area contributed by atoms with Gasteiger partial charge >= 0.3 is 0 Å². The van der Waals surface area contributed by atoms with Crippen LogP contribution in [0.3, 0.4) is 0 Å². The lowest BCUT2D eigenvalue weighted by Crippen LogP contribution is -2.20. The van der Waals surface area contributed by atoms with Crippen LogP contribution < -0.4 is 5.32 Å². The summed E-state index contributed by atoms with van der Waals surface area (Å²) in [5, 5.41) is 2.80. The Morgan fingerprint density at radius 3 is 2.16 bits per heavy atom. The monoisotopic (exact) mass is 329 g/mol. The summed E-state index contributed by atoms with van der Waals surface area (Å²) in [6, 6.07) is 7.27. The molecule has 0 bridgehead atoms. The third kappa shape index (κ3) is 2.82. The Labute approximate surface area is 117 Å². The molecule has 0 aliphatic rings. The van der Waals surface area contributed by atoms with Crippen molar-refractivity contribution < 1.29 is 13.2 Å². The second-order valence-electron chi connectivity index (χ2n) is 4.03. The van der Waals surface area contributed by atoms with Gasteiger partial charge in [0.1, 0.15) is 17.5 Å². The van der Waals surface area contributed by atoms with E-state index in [9.17, 15) is 13.2 Å². The van der Waals surface area contributed by atoms with E-state index in [0.29, 0.717) is 10.0 Å². The molecule has 0 radical (unpaired) electrons. The zero-order chi connectivity index (χ0) is 14.0. The lowest BCUT2D eigenvalue weighted by Gasteiger charge is -2.19. The first-order chi connectivity index (χ1) is 9.04. The van der Waals surface area contributed by atoms with Gasteiger partial charge in [0, 0.05) is 5.56 Å². The second-order valence-corrected chi connectivity index (χ2v) is 4.88. The molecular weight excluding hydrogens is 319 g/mol. The molecule has 0 aliphatic carbocycles. The minimum atomic E-state index is -0.746. The fraction of sp³-hybridized carbons (Fsp3) is 0.143. The van der Waals surface area contributed by atoms with Gasteiger partial charge in [-0.1, -0.05) is 12.1 Å². The first kappa shape index (κ1) is 14.1. The number of nitrogens with one attached hydrogen (secondary N) is 1. The van der Waals surface area contributed by atoms with E-state index in [1.54, 1.807) is 13.1 Å². The number of hydrogen-bond donors (Lipinski definition) is 1. The highest BCUT2D eigenvalue weighted by molar-refractivity contribution is 9.10. The smallest absolute Gasteiger partial charge is 0.137 e. The molecule has 5 heteroatoms. The summed E-state index contributed by atoms with van der Waals surface area (Å²) in [7, 11) is 1.57. The van der Waals surface area contributed by atoms with Gasteiger partial charge in [0.2, 0.25) is 0 Å². The largest absolute Gasteiger partial charge is 0.309 e. The van der Waals surface area contributed by atoms with E-state index >= 15 is 0 Å². The summed E-state index contributed by atoms with van der Waals surface area (Å²) < 4.78 is 41.4. The highest BCUT2D eigenvalue weighted by Gasteiger charge is 2.21. The highest BCUT2D eigenvalue weighted by atomic mass is 79.9. The fourth-order valence-corrected chi connectivity index (χ4v) is 2.20. The topological polar surface area (TPSA) is 12.0 Å². The zero-order valence-electron chi connectivity index (χ0n) is 10.1. The van der Waals surface area contributed by atoms with Crippen LogP contribution in [0.15, 0.2) is 40.9 Å². The van der Waals surface area contributed by atoms with Gasteiger partial charge in [0.25, 0.3) is 0 Å². The van der Waals surface area contributed by atoms with Crippen LogP contribution >= 0.6 is 15.9 Å². The maximum absolute atomic E-state index is 13.8. The number of rotatable bonds is 3. The minimum Gasteiger partial charge on any atom is -0.309 e. The molecule has 0 fully saturated rings. The maximum Gasteiger partial charge on any atom is 0.137 e. The second kappa shape index (κ2) is 5.75. The Morgan fingerprint density at radius 1 is 1.00 bits per heavy atom. The first-order valence-corrected chi connectivity index (χ1v) is 6.40. The predicted octanol–water partition coefficient (Wildman–Crippen LogP) is 4.18. The van der Waals surface area contributed by atoms with Gasteiger partial charge in [-0.25, -0.2) is 13.2 Å². The van der Waals surface area contributed by atoms with Crippen molar-refractivity contribution in [1.29, 1.82) is 0 Å². The summed E-state index contributed by atoms with van der Waals surface area (Å²) in [6.45, 7) is 0. The van der Waals surface area contributed by atoms with Crippen molar-refractivity contribution in [3.05, 3.63) is 69.4 Å². The van der Waals surface area contributed by atoms with Crippen molar-refractivity contribution in [3.63, 3.8) is 0 Å². The first-order valence-electron chi connectivity index (χ1n) is 5.60. The molecule has 0 saturated carbocycles. The van der Waals surface area contributed by atoms with Crippen LogP contribution in [0.1, 0.15) is 17.2 Å². The zero-order valence-corrected chi connectivity index (χ0v) is 11.6. The molecule has 1 N–H and O–H groups in total. The quantitative estimate of drug-likeness (QED) is 0.890. The average Bonchev–Trinajstić information content (AvgIpc) is 2.37. The average molecular weight is 330 g/mol. The third-order valence-electron chi connectivity index (χ3n) is 2.85. The highest BCUT2D eigenvalue weighted by Crippen LogP contribution is 2.28. The molecular formula is C14H11BrF3N. The van der Waals surface area contributed by atoms with Crippen molar-refractivity contribution in [2.75, 3.05) is 7.05 Å². The van der Waals surface area contributed by atoms with Crippen LogP contribution in [0, 0.1) is 17.5 Å². The molecule has 1 atom stereocenters. The fourth-order valence-electron chi connectivity index (χ4n) is 1.96. The van der Waals surface area contributed by atoms with Crippen LogP contribution in [0.4, 0.5) is 13.2 Å². The Bertz CT molecular complexity index is 581. The number of halogens is 4. The van der Waals surface area contributed by atoms with Crippen molar-refractivity contribution in [2.45, 2.75) is 6.04 Å². The summed E-state index contributed by atoms with van der Waals surface area (Å²) in [4.78, 5) is 0. The van der Waals surface area contributed by atoms with E-state index in [2.05, 4.69) is 21.2 Å². The lowest BCUT2D eigenvalue weighted by molar-refractivity contribution is 0.520. The van der Waals surface area contributed by atoms with Crippen molar-refractivity contribution >= 4 is 15.9 Å². The van der Waals surface area contributed by atoms with Crippen molar-refractivity contribution in [3.8, 4) is 0 Å². The van der Waals surface area contributed by atoms with Crippen molar-refractivity contribution in [2.24, 2.45) is 0 Å². The number of benzene rings is 2. The van der Waals surface area contributed by atoms with Crippen LogP contribution in [0.2, 0.25) is 0 Å². The molecule has 0 spiro atoms. The SMILES string of the molecule is CNC(c1ccc(Br)c(F)c1)c1c(F)cccc1F. The molecule has 1 nitrogen and oxygen atoms in total. The van der Waals surface area contributed by atoms with E-state index in [1.807, 2.05) is 0 Å². The Hall–Kier alpha value is -1.33. The summed E-state index contributed by atoms with van der Waals surface area (Å²) in [5.74, 6) is -1.81. The van der Waals surface area contributed by atoms with Crippen LogP contribution in [-0.4, -0.2) is 7.05 Å². The van der Waals surface area contributed by atoms with E-state index < -0.39 is 23.5 Å². The molecule has 2 aromatic carbocycles. The van der Waals surface area contributed by atoms with Gasteiger partial charge in [0.15, 0.2) is 0 Å². The summed E-state index contributed by atoms with van der Waals surface area (Å²) in [6.07, 6.45) is 0. The maximum atomic E-state index is 13.8. The molecule has 2 rings (SSSR count). The van der Waals surface area contributed by atoms with Crippen LogP contribution in [0.25, 0.3) is 0 Å². The van der Waals surface area contributed by atoms with Gasteiger partial charge in [-0.15, -0.1) is 0 Å². The van der Waals surface area contributed by atoms with Gasteiger partial charge in [0.05, 0.1) is 10.5 Å². The van der Waals surface area contributed by atoms with Gasteiger partial charge < -0.3 is 5.32 Å². The van der Waals surface area contributed by atoms with Gasteiger partial charge in [-0.2, -0.15) is 0 Å². The number of hydrogen-bond acceptors (Lipinski definition) is 1. The molecule has 0 aromatic heterocycles. The standard InChI is InChI=1S/C14H11BrF3N/c1-19-14(8-5-6-9(15)12(18)7-8)13-10(16)3-2-4-11(13)17/h2-7,14,19H,1H3. The molecule has 19 heavy (non-hydrogen) atoms. The Morgan fingerprint density at radius 2 is 1.63 bits per heavy atom. The van der Waals surface area contributed by atoms with E-state index in [-0.39, 0.29) is 5.56 Å². The van der Waals surface area contributed by atoms with Crippen LogP contribution in [0.5, 0.6) is 0 Å². The van der Waals surface area contributed by atoms with E-state index in [4.69, 9.17) is 0 Å². The lowest BCUT2D eigenvalue weighted by atomic mass is 9.98. The molecule has 0 heterocycles. The third-order valence-corrected chi connectivity index (χ3v) is 3.50. The minimum absolute atomic E-state index is 0.119. The molecule has 0 amide bonds. The molecule has 0 saturated heterocycles. The van der Waals surface area contributed by atoms with Crippen molar-refractivity contribution in [1.82, 2.24) is 5.32 Å². The van der Waals surface area contributed by atoms with Gasteiger partial charge in [-0.05, 0) is 52.8 Å². The summed E-state index contributed by atoms with van der Waals surface area (Å²) >= 11 is 3.04. The molecule has 0 aliphatic heterocycles. The molecule has 2 aromatic rings. The molecule has 100 valence electrons. The molecule has 1 unspecified atom stereocenters. The van der Waals surface area contributed by atoms with E-state index in [1.165, 1.54) is 30.3 Å². The normalized spacial score (nSPS) is 12.5. The van der Waals surface area contributed by atoms with E-state index in [0.717, 1.165) is 0 Å². The summed E-state index contributed by atoms with van der Waals surface area (Å²) in [5.41, 5.74) is 0.332. The van der Waals surface area contributed by atoms with Crippen LogP contribution in [-0.2, 0) is 0 Å².